The first-order valence-electron chi connectivity index (χ1n) is 6.60. The zero-order valence-corrected chi connectivity index (χ0v) is 12.1. The van der Waals surface area contributed by atoms with Crippen LogP contribution in [0.2, 0.25) is 5.02 Å². The van der Waals surface area contributed by atoms with Gasteiger partial charge in [-0.3, -0.25) is 0 Å². The molecule has 0 saturated heterocycles. The SMILES string of the molecule is COc1c(Cl)c2c(c(C)c1C(C)CO)CCCC2. The molecule has 1 unspecified atom stereocenters. The van der Waals surface area contributed by atoms with Gasteiger partial charge < -0.3 is 9.84 Å². The van der Waals surface area contributed by atoms with E-state index in [1.54, 1.807) is 7.11 Å². The minimum absolute atomic E-state index is 0.0599. The average Bonchev–Trinajstić information content (AvgIpc) is 2.41. The van der Waals surface area contributed by atoms with Crippen molar-refractivity contribution >= 4 is 11.6 Å². The number of hydrogen-bond donors (Lipinski definition) is 1. The Kier molecular flexibility index (Phi) is 4.18. The van der Waals surface area contributed by atoms with Crippen LogP contribution in [0.1, 0.15) is 47.9 Å². The van der Waals surface area contributed by atoms with E-state index in [9.17, 15) is 5.11 Å². The molecule has 0 spiro atoms. The third kappa shape index (κ3) is 2.12. The van der Waals surface area contributed by atoms with Crippen molar-refractivity contribution < 1.29 is 9.84 Å². The molecule has 1 aromatic carbocycles. The lowest BCUT2D eigenvalue weighted by atomic mass is 9.83. The zero-order valence-electron chi connectivity index (χ0n) is 11.3. The van der Waals surface area contributed by atoms with Crippen molar-refractivity contribution in [2.24, 2.45) is 0 Å². The Morgan fingerprint density at radius 1 is 1.28 bits per heavy atom. The van der Waals surface area contributed by atoms with E-state index < -0.39 is 0 Å². The molecule has 1 N–H and O–H groups in total. The summed E-state index contributed by atoms with van der Waals surface area (Å²) in [5, 5.41) is 10.2. The third-order valence-corrected chi connectivity index (χ3v) is 4.40. The van der Waals surface area contributed by atoms with E-state index in [1.165, 1.54) is 29.5 Å². The summed E-state index contributed by atoms with van der Waals surface area (Å²) in [4.78, 5) is 0. The van der Waals surface area contributed by atoms with Crippen molar-refractivity contribution in [3.05, 3.63) is 27.3 Å². The molecule has 0 aromatic heterocycles. The molecule has 1 atom stereocenters. The Balaban J connectivity index is 2.68. The van der Waals surface area contributed by atoms with Crippen molar-refractivity contribution in [3.8, 4) is 5.75 Å². The van der Waals surface area contributed by atoms with E-state index in [4.69, 9.17) is 16.3 Å². The molecule has 0 fully saturated rings. The molecular formula is C15H21ClO2. The smallest absolute Gasteiger partial charge is 0.141 e. The number of fused-ring (bicyclic) bond motifs is 1. The molecule has 0 amide bonds. The fourth-order valence-corrected chi connectivity index (χ4v) is 3.42. The number of hydrogen-bond acceptors (Lipinski definition) is 2. The van der Waals surface area contributed by atoms with Crippen LogP contribution in [0, 0.1) is 6.92 Å². The van der Waals surface area contributed by atoms with Crippen molar-refractivity contribution in [2.75, 3.05) is 13.7 Å². The van der Waals surface area contributed by atoms with Crippen molar-refractivity contribution in [2.45, 2.75) is 45.4 Å². The van der Waals surface area contributed by atoms with Gasteiger partial charge in [0.1, 0.15) is 5.75 Å². The molecule has 1 aliphatic carbocycles. The van der Waals surface area contributed by atoms with Gasteiger partial charge in [-0.15, -0.1) is 0 Å². The van der Waals surface area contributed by atoms with Gasteiger partial charge in [0.2, 0.25) is 0 Å². The number of benzene rings is 1. The first-order valence-corrected chi connectivity index (χ1v) is 6.98. The summed E-state index contributed by atoms with van der Waals surface area (Å²) in [6.45, 7) is 4.26. The van der Waals surface area contributed by atoms with Gasteiger partial charge in [-0.2, -0.15) is 0 Å². The van der Waals surface area contributed by atoms with Crippen LogP contribution in [0.25, 0.3) is 0 Å². The molecule has 18 heavy (non-hydrogen) atoms. The average molecular weight is 269 g/mol. The lowest BCUT2D eigenvalue weighted by molar-refractivity contribution is 0.269. The van der Waals surface area contributed by atoms with Gasteiger partial charge in [0, 0.05) is 18.1 Å². The molecule has 3 heteroatoms. The fraction of sp³-hybridized carbons (Fsp3) is 0.600. The summed E-state index contributed by atoms with van der Waals surface area (Å²) in [6, 6.07) is 0. The maximum Gasteiger partial charge on any atom is 0.141 e. The van der Waals surface area contributed by atoms with Gasteiger partial charge in [-0.1, -0.05) is 18.5 Å². The number of aliphatic hydroxyl groups is 1. The van der Waals surface area contributed by atoms with Crippen LogP contribution >= 0.6 is 11.6 Å². The van der Waals surface area contributed by atoms with E-state index in [2.05, 4.69) is 6.92 Å². The highest BCUT2D eigenvalue weighted by Crippen LogP contribution is 2.43. The molecule has 2 nitrogen and oxygen atoms in total. The molecule has 0 saturated carbocycles. The van der Waals surface area contributed by atoms with Gasteiger partial charge in [0.15, 0.2) is 0 Å². The summed E-state index contributed by atoms with van der Waals surface area (Å²) in [6.07, 6.45) is 4.56. The first-order chi connectivity index (χ1) is 8.61. The summed E-state index contributed by atoms with van der Waals surface area (Å²) in [5.41, 5.74) is 4.96. The summed E-state index contributed by atoms with van der Waals surface area (Å²) < 4.78 is 5.50. The van der Waals surface area contributed by atoms with E-state index in [0.29, 0.717) is 0 Å². The summed E-state index contributed by atoms with van der Waals surface area (Å²) in [5.74, 6) is 0.820. The lowest BCUT2D eigenvalue weighted by Gasteiger charge is -2.26. The second-order valence-corrected chi connectivity index (χ2v) is 5.51. The molecule has 100 valence electrons. The highest BCUT2D eigenvalue weighted by molar-refractivity contribution is 6.33. The highest BCUT2D eigenvalue weighted by atomic mass is 35.5. The fourth-order valence-electron chi connectivity index (χ4n) is 3.03. The third-order valence-electron chi connectivity index (χ3n) is 4.00. The molecular weight excluding hydrogens is 248 g/mol. The zero-order chi connectivity index (χ0) is 13.3. The largest absolute Gasteiger partial charge is 0.495 e. The molecule has 0 bridgehead atoms. The minimum Gasteiger partial charge on any atom is -0.495 e. The van der Waals surface area contributed by atoms with Gasteiger partial charge in [0.25, 0.3) is 0 Å². The predicted molar refractivity (Wildman–Crippen MR) is 74.9 cm³/mol. The van der Waals surface area contributed by atoms with Crippen LogP contribution in [0.3, 0.4) is 0 Å². The Morgan fingerprint density at radius 3 is 2.44 bits per heavy atom. The maximum atomic E-state index is 9.43. The van der Waals surface area contributed by atoms with Crippen LogP contribution in [-0.2, 0) is 12.8 Å². The number of aliphatic hydroxyl groups excluding tert-OH is 1. The number of halogens is 1. The van der Waals surface area contributed by atoms with Crippen LogP contribution in [0.15, 0.2) is 0 Å². The van der Waals surface area contributed by atoms with Gasteiger partial charge in [-0.25, -0.2) is 0 Å². The van der Waals surface area contributed by atoms with Crippen molar-refractivity contribution in [1.29, 1.82) is 0 Å². The second kappa shape index (κ2) is 5.50. The second-order valence-electron chi connectivity index (χ2n) is 5.13. The van der Waals surface area contributed by atoms with Crippen LogP contribution < -0.4 is 4.74 Å². The number of ether oxygens (including phenoxy) is 1. The van der Waals surface area contributed by atoms with Crippen LogP contribution in [0.4, 0.5) is 0 Å². The highest BCUT2D eigenvalue weighted by Gasteiger charge is 2.25. The van der Waals surface area contributed by atoms with E-state index in [1.807, 2.05) is 6.92 Å². The molecule has 2 rings (SSSR count). The van der Waals surface area contributed by atoms with Gasteiger partial charge in [-0.05, 0) is 49.3 Å². The molecule has 1 aliphatic rings. The van der Waals surface area contributed by atoms with Gasteiger partial charge >= 0.3 is 0 Å². The van der Waals surface area contributed by atoms with Crippen LogP contribution in [0.5, 0.6) is 5.75 Å². The van der Waals surface area contributed by atoms with Crippen molar-refractivity contribution in [3.63, 3.8) is 0 Å². The topological polar surface area (TPSA) is 29.5 Å². The van der Waals surface area contributed by atoms with Crippen molar-refractivity contribution in [1.82, 2.24) is 0 Å². The van der Waals surface area contributed by atoms with E-state index >= 15 is 0 Å². The van der Waals surface area contributed by atoms with Crippen LogP contribution in [-0.4, -0.2) is 18.8 Å². The molecule has 0 heterocycles. The Morgan fingerprint density at radius 2 is 1.89 bits per heavy atom. The lowest BCUT2D eigenvalue weighted by Crippen LogP contribution is -2.13. The summed E-state index contributed by atoms with van der Waals surface area (Å²) >= 11 is 6.50. The number of rotatable bonds is 3. The molecule has 0 aliphatic heterocycles. The first kappa shape index (κ1) is 13.7. The normalized spacial score (nSPS) is 16.3. The van der Waals surface area contributed by atoms with E-state index in [0.717, 1.165) is 29.2 Å². The standard InChI is InChI=1S/C15H21ClO2/c1-9(8-17)13-10(2)11-6-4-5-7-12(11)14(16)15(13)18-3/h9,17H,4-8H2,1-3H3. The number of methoxy groups -OCH3 is 1. The molecule has 0 radical (unpaired) electrons. The predicted octanol–water partition coefficient (Wildman–Crippen LogP) is 3.63. The van der Waals surface area contributed by atoms with Gasteiger partial charge in [0.05, 0.1) is 12.1 Å². The minimum atomic E-state index is 0.0599. The summed E-state index contributed by atoms with van der Waals surface area (Å²) in [7, 11) is 1.66. The van der Waals surface area contributed by atoms with E-state index in [-0.39, 0.29) is 12.5 Å². The quantitative estimate of drug-likeness (QED) is 0.907. The molecule has 1 aromatic rings. The Labute approximate surface area is 114 Å². The Bertz CT molecular complexity index is 455. The monoisotopic (exact) mass is 268 g/mol. The maximum absolute atomic E-state index is 9.43. The Hall–Kier alpha value is -0.730.